The molecule has 0 bridgehead atoms. The molecule has 166 valence electrons. The molecule has 1 unspecified atom stereocenters. The number of nitrogens with one attached hydrogen (secondary N) is 2. The molecule has 0 spiro atoms. The van der Waals surface area contributed by atoms with Gasteiger partial charge in [-0.25, -0.2) is 4.79 Å². The van der Waals surface area contributed by atoms with Gasteiger partial charge in [-0.2, -0.15) is 0 Å². The third kappa shape index (κ3) is 6.71. The van der Waals surface area contributed by atoms with Crippen molar-refractivity contribution in [1.82, 2.24) is 20.4 Å². The number of carbonyl (C=O) groups excluding carboxylic acids is 2. The summed E-state index contributed by atoms with van der Waals surface area (Å²) in [6, 6.07) is 7.78. The molecule has 7 heteroatoms. The number of carbonyl (C=O) groups is 2. The zero-order chi connectivity index (χ0) is 21.3. The molecule has 2 fully saturated rings. The van der Waals surface area contributed by atoms with Gasteiger partial charge in [0.05, 0.1) is 12.6 Å². The number of rotatable bonds is 7. The first-order valence-corrected chi connectivity index (χ1v) is 11.3. The lowest BCUT2D eigenvalue weighted by Gasteiger charge is -2.37. The fourth-order valence-corrected chi connectivity index (χ4v) is 4.28. The van der Waals surface area contributed by atoms with E-state index in [9.17, 15) is 9.59 Å². The van der Waals surface area contributed by atoms with E-state index < -0.39 is 0 Å². The monoisotopic (exact) mass is 416 g/mol. The molecule has 1 saturated carbocycles. The van der Waals surface area contributed by atoms with E-state index >= 15 is 0 Å². The molecule has 1 aliphatic carbocycles. The zero-order valence-corrected chi connectivity index (χ0v) is 18.4. The molecule has 1 aromatic rings. The number of hydrogen-bond donors (Lipinski definition) is 2. The zero-order valence-electron chi connectivity index (χ0n) is 18.4. The maximum Gasteiger partial charge on any atom is 0.321 e. The third-order valence-electron chi connectivity index (χ3n) is 6.15. The second-order valence-corrected chi connectivity index (χ2v) is 8.36. The lowest BCUT2D eigenvalue weighted by atomic mass is 9.96. The maximum absolute atomic E-state index is 12.5. The van der Waals surface area contributed by atoms with Crippen LogP contribution in [0, 0.1) is 0 Å². The highest BCUT2D eigenvalue weighted by atomic mass is 16.5. The van der Waals surface area contributed by atoms with Gasteiger partial charge in [0.2, 0.25) is 5.91 Å². The van der Waals surface area contributed by atoms with Crippen LogP contribution in [0.1, 0.15) is 51.5 Å². The molecule has 1 saturated heterocycles. The van der Waals surface area contributed by atoms with Crippen LogP contribution in [0.5, 0.6) is 5.75 Å². The molecule has 0 radical (unpaired) electrons. The Morgan fingerprint density at radius 1 is 1.07 bits per heavy atom. The Hall–Kier alpha value is -2.12. The van der Waals surface area contributed by atoms with Crippen molar-refractivity contribution in [2.75, 3.05) is 32.8 Å². The number of imide groups is 1. The normalized spacial score (nSPS) is 19.8. The summed E-state index contributed by atoms with van der Waals surface area (Å²) in [4.78, 5) is 29.2. The number of hydrogen-bond acceptors (Lipinski definition) is 5. The third-order valence-corrected chi connectivity index (χ3v) is 6.15. The van der Waals surface area contributed by atoms with Crippen molar-refractivity contribution in [3.05, 3.63) is 29.8 Å². The molecule has 3 rings (SSSR count). The van der Waals surface area contributed by atoms with E-state index in [4.69, 9.17) is 4.74 Å². The summed E-state index contributed by atoms with van der Waals surface area (Å²) in [5, 5.41) is 5.48. The van der Waals surface area contributed by atoms with Gasteiger partial charge in [-0.15, -0.1) is 0 Å². The Labute approximate surface area is 180 Å². The summed E-state index contributed by atoms with van der Waals surface area (Å²) in [6.45, 7) is 8.87. The SMILES string of the molecule is CCOc1ccc(CN2CCN(C(C)C(=O)NC(=O)NC3CCCCC3)CC2)cc1. The Balaban J connectivity index is 1.39. The Morgan fingerprint density at radius 3 is 2.37 bits per heavy atom. The fourth-order valence-electron chi connectivity index (χ4n) is 4.28. The van der Waals surface area contributed by atoms with E-state index in [2.05, 4.69) is 32.6 Å². The number of amides is 3. The molecule has 1 aliphatic heterocycles. The first kappa shape index (κ1) is 22.6. The van der Waals surface area contributed by atoms with Crippen molar-refractivity contribution in [2.24, 2.45) is 0 Å². The molecule has 2 N–H and O–H groups in total. The van der Waals surface area contributed by atoms with Crippen LogP contribution < -0.4 is 15.4 Å². The minimum absolute atomic E-state index is 0.202. The summed E-state index contributed by atoms with van der Waals surface area (Å²) >= 11 is 0. The van der Waals surface area contributed by atoms with Gasteiger partial charge in [-0.05, 0) is 44.4 Å². The summed E-state index contributed by atoms with van der Waals surface area (Å²) in [5.74, 6) is 0.682. The molecule has 7 nitrogen and oxygen atoms in total. The number of urea groups is 1. The van der Waals surface area contributed by atoms with Crippen molar-refractivity contribution < 1.29 is 14.3 Å². The molecule has 1 atom stereocenters. The Morgan fingerprint density at radius 2 is 1.73 bits per heavy atom. The quantitative estimate of drug-likeness (QED) is 0.715. The standard InChI is InChI=1S/C23H36N4O3/c1-3-30-21-11-9-19(10-12-21)17-26-13-15-27(16-14-26)18(2)22(28)25-23(29)24-20-7-5-4-6-8-20/h9-12,18,20H,3-8,13-17H2,1-2H3,(H2,24,25,28,29). The summed E-state index contributed by atoms with van der Waals surface area (Å²) < 4.78 is 5.50. The predicted molar refractivity (Wildman–Crippen MR) is 117 cm³/mol. The van der Waals surface area contributed by atoms with Crippen LogP contribution in [-0.2, 0) is 11.3 Å². The first-order valence-electron chi connectivity index (χ1n) is 11.3. The molecule has 1 aromatic carbocycles. The van der Waals surface area contributed by atoms with Crippen LogP contribution in [0.25, 0.3) is 0 Å². The highest BCUT2D eigenvalue weighted by molar-refractivity contribution is 5.96. The van der Waals surface area contributed by atoms with Crippen molar-refractivity contribution in [3.63, 3.8) is 0 Å². The minimum atomic E-state index is -0.354. The van der Waals surface area contributed by atoms with Gasteiger partial charge in [-0.1, -0.05) is 31.4 Å². The van der Waals surface area contributed by atoms with Crippen LogP contribution in [-0.4, -0.2) is 66.6 Å². The molecule has 30 heavy (non-hydrogen) atoms. The second-order valence-electron chi connectivity index (χ2n) is 8.36. The largest absolute Gasteiger partial charge is 0.494 e. The maximum atomic E-state index is 12.5. The van der Waals surface area contributed by atoms with Gasteiger partial charge in [0.25, 0.3) is 0 Å². The van der Waals surface area contributed by atoms with Crippen LogP contribution >= 0.6 is 0 Å². The van der Waals surface area contributed by atoms with E-state index in [1.54, 1.807) is 0 Å². The van der Waals surface area contributed by atoms with Crippen LogP contribution in [0.3, 0.4) is 0 Å². The first-order chi connectivity index (χ1) is 14.5. The summed E-state index contributed by atoms with van der Waals surface area (Å²) in [7, 11) is 0. The lowest BCUT2D eigenvalue weighted by molar-refractivity contribution is -0.125. The molecule has 0 aromatic heterocycles. The van der Waals surface area contributed by atoms with E-state index in [0.29, 0.717) is 6.61 Å². The minimum Gasteiger partial charge on any atom is -0.494 e. The Kier molecular flexibility index (Phi) is 8.51. The highest BCUT2D eigenvalue weighted by Crippen LogP contribution is 2.17. The summed E-state index contributed by atoms with van der Waals surface area (Å²) in [5.41, 5.74) is 1.26. The number of ether oxygens (including phenoxy) is 1. The van der Waals surface area contributed by atoms with Gasteiger partial charge in [0.1, 0.15) is 5.75 Å². The molecule has 3 amide bonds. The molecule has 1 heterocycles. The average molecular weight is 417 g/mol. The lowest BCUT2D eigenvalue weighted by Crippen LogP contribution is -2.55. The number of nitrogens with zero attached hydrogens (tertiary/aromatic N) is 2. The van der Waals surface area contributed by atoms with Crippen LogP contribution in [0.4, 0.5) is 4.79 Å². The van der Waals surface area contributed by atoms with Crippen molar-refractivity contribution in [3.8, 4) is 5.75 Å². The van der Waals surface area contributed by atoms with Gasteiger partial charge in [0, 0.05) is 38.8 Å². The highest BCUT2D eigenvalue weighted by Gasteiger charge is 2.27. The second kappa shape index (κ2) is 11.3. The van der Waals surface area contributed by atoms with E-state index in [1.165, 1.54) is 12.0 Å². The van der Waals surface area contributed by atoms with E-state index in [-0.39, 0.29) is 24.0 Å². The van der Waals surface area contributed by atoms with Gasteiger partial charge < -0.3 is 10.1 Å². The molecule has 2 aliphatic rings. The molecular formula is C23H36N4O3. The van der Waals surface area contributed by atoms with Crippen LogP contribution in [0.2, 0.25) is 0 Å². The Bertz CT molecular complexity index is 680. The summed E-state index contributed by atoms with van der Waals surface area (Å²) in [6.07, 6.45) is 5.55. The van der Waals surface area contributed by atoms with Crippen LogP contribution in [0.15, 0.2) is 24.3 Å². The van der Waals surface area contributed by atoms with Gasteiger partial charge in [-0.3, -0.25) is 19.9 Å². The predicted octanol–water partition coefficient (Wildman–Crippen LogP) is 2.75. The molecular weight excluding hydrogens is 380 g/mol. The van der Waals surface area contributed by atoms with E-state index in [1.807, 2.05) is 26.0 Å². The fraction of sp³-hybridized carbons (Fsp3) is 0.652. The number of piperazine rings is 1. The smallest absolute Gasteiger partial charge is 0.321 e. The van der Waals surface area contributed by atoms with Gasteiger partial charge in [0.15, 0.2) is 0 Å². The van der Waals surface area contributed by atoms with Crippen molar-refractivity contribution >= 4 is 11.9 Å². The van der Waals surface area contributed by atoms with E-state index in [0.717, 1.165) is 64.2 Å². The number of benzene rings is 1. The average Bonchev–Trinajstić information content (AvgIpc) is 2.76. The van der Waals surface area contributed by atoms with Gasteiger partial charge >= 0.3 is 6.03 Å². The van der Waals surface area contributed by atoms with Crippen molar-refractivity contribution in [2.45, 2.75) is 64.6 Å². The topological polar surface area (TPSA) is 73.9 Å². The van der Waals surface area contributed by atoms with Crippen molar-refractivity contribution in [1.29, 1.82) is 0 Å².